The Balaban J connectivity index is 2.36. The second-order valence-electron chi connectivity index (χ2n) is 3.87. The van der Waals surface area contributed by atoms with Gasteiger partial charge in [0.15, 0.2) is 5.84 Å². The van der Waals surface area contributed by atoms with Crippen LogP contribution in [0.4, 0.5) is 0 Å². The molecule has 0 fully saturated rings. The predicted molar refractivity (Wildman–Crippen MR) is 75.8 cm³/mol. The summed E-state index contributed by atoms with van der Waals surface area (Å²) in [6.07, 6.45) is 0. The predicted octanol–water partition coefficient (Wildman–Crippen LogP) is 2.98. The second-order valence-corrected chi connectivity index (χ2v) is 4.74. The number of halogens is 2. The number of nitrogens with zero attached hydrogens (tertiary/aromatic N) is 3. The van der Waals surface area contributed by atoms with E-state index in [9.17, 15) is 0 Å². The van der Waals surface area contributed by atoms with E-state index in [1.807, 2.05) is 0 Å². The Labute approximate surface area is 124 Å². The molecule has 104 valence electrons. The van der Waals surface area contributed by atoms with Gasteiger partial charge in [-0.15, -0.1) is 0 Å². The van der Waals surface area contributed by atoms with Crippen LogP contribution < -0.4 is 10.5 Å². The fourth-order valence-electron chi connectivity index (χ4n) is 1.46. The van der Waals surface area contributed by atoms with Crippen LogP contribution in [-0.2, 0) is 0 Å². The lowest BCUT2D eigenvalue weighted by Crippen LogP contribution is -2.16. The minimum Gasteiger partial charge on any atom is -0.424 e. The second kappa shape index (κ2) is 5.94. The molecule has 0 radical (unpaired) electrons. The molecule has 0 aliphatic carbocycles. The molecule has 0 amide bonds. The third-order valence-electron chi connectivity index (χ3n) is 2.25. The number of hydrogen-bond donors (Lipinski definition) is 2. The maximum atomic E-state index is 8.66. The van der Waals surface area contributed by atoms with Gasteiger partial charge < -0.3 is 15.7 Å². The van der Waals surface area contributed by atoms with Crippen molar-refractivity contribution in [2.45, 2.75) is 6.92 Å². The summed E-state index contributed by atoms with van der Waals surface area (Å²) >= 11 is 11.7. The average Bonchev–Trinajstić information content (AvgIpc) is 2.35. The zero-order chi connectivity index (χ0) is 14.7. The molecular formula is C12H10Cl2N4O2. The number of amidine groups is 1. The number of oxime groups is 1. The number of ether oxygens (including phenoxy) is 1. The van der Waals surface area contributed by atoms with E-state index < -0.39 is 0 Å². The molecule has 0 bridgehead atoms. The van der Waals surface area contributed by atoms with E-state index in [0.717, 1.165) is 0 Å². The van der Waals surface area contributed by atoms with Crippen molar-refractivity contribution < 1.29 is 9.94 Å². The van der Waals surface area contributed by atoms with Crippen LogP contribution in [0.15, 0.2) is 29.4 Å². The van der Waals surface area contributed by atoms with Crippen molar-refractivity contribution in [2.24, 2.45) is 10.9 Å². The van der Waals surface area contributed by atoms with Gasteiger partial charge in [-0.05, 0) is 31.2 Å². The maximum absolute atomic E-state index is 8.66. The highest BCUT2D eigenvalue weighted by Gasteiger charge is 2.09. The summed E-state index contributed by atoms with van der Waals surface area (Å²) in [6.45, 7) is 1.73. The summed E-state index contributed by atoms with van der Waals surface area (Å²) in [7, 11) is 0. The van der Waals surface area contributed by atoms with E-state index in [0.29, 0.717) is 21.5 Å². The Morgan fingerprint density at radius 1 is 1.20 bits per heavy atom. The van der Waals surface area contributed by atoms with Gasteiger partial charge >= 0.3 is 6.01 Å². The monoisotopic (exact) mass is 312 g/mol. The van der Waals surface area contributed by atoms with Crippen LogP contribution in [0.2, 0.25) is 10.0 Å². The third-order valence-corrected chi connectivity index (χ3v) is 2.69. The summed E-state index contributed by atoms with van der Waals surface area (Å²) < 4.78 is 5.47. The normalized spacial score (nSPS) is 11.4. The number of hydrogen-bond acceptors (Lipinski definition) is 5. The van der Waals surface area contributed by atoms with Crippen LogP contribution in [-0.4, -0.2) is 21.0 Å². The van der Waals surface area contributed by atoms with Crippen LogP contribution in [0.5, 0.6) is 11.8 Å². The van der Waals surface area contributed by atoms with Crippen molar-refractivity contribution in [2.75, 3.05) is 0 Å². The number of aromatic nitrogens is 2. The molecule has 8 heteroatoms. The van der Waals surface area contributed by atoms with E-state index in [1.54, 1.807) is 31.2 Å². The molecule has 0 saturated heterocycles. The average molecular weight is 313 g/mol. The molecule has 2 aromatic rings. The van der Waals surface area contributed by atoms with Crippen LogP contribution in [0.3, 0.4) is 0 Å². The van der Waals surface area contributed by atoms with Crippen LogP contribution in [0.1, 0.15) is 11.4 Å². The first-order chi connectivity index (χ1) is 9.47. The zero-order valence-electron chi connectivity index (χ0n) is 10.3. The Morgan fingerprint density at radius 3 is 2.45 bits per heavy atom. The van der Waals surface area contributed by atoms with Crippen molar-refractivity contribution in [3.8, 4) is 11.8 Å². The highest BCUT2D eigenvalue weighted by Crippen LogP contribution is 2.27. The van der Waals surface area contributed by atoms with E-state index in [4.69, 9.17) is 38.9 Å². The van der Waals surface area contributed by atoms with Crippen LogP contribution in [0, 0.1) is 6.92 Å². The SMILES string of the molecule is Cc1cc(/C(N)=N/O)nc(Oc2cc(Cl)cc(Cl)c2)n1. The highest BCUT2D eigenvalue weighted by molar-refractivity contribution is 6.34. The van der Waals surface area contributed by atoms with Crippen molar-refractivity contribution in [3.05, 3.63) is 45.7 Å². The lowest BCUT2D eigenvalue weighted by molar-refractivity contribution is 0.318. The molecule has 2 rings (SSSR count). The highest BCUT2D eigenvalue weighted by atomic mass is 35.5. The first-order valence-electron chi connectivity index (χ1n) is 5.45. The van der Waals surface area contributed by atoms with Gasteiger partial charge in [-0.25, -0.2) is 4.98 Å². The van der Waals surface area contributed by atoms with Gasteiger partial charge in [-0.2, -0.15) is 4.98 Å². The Kier molecular flexibility index (Phi) is 4.26. The lowest BCUT2D eigenvalue weighted by atomic mass is 10.3. The lowest BCUT2D eigenvalue weighted by Gasteiger charge is -2.07. The fraction of sp³-hybridized carbons (Fsp3) is 0.0833. The van der Waals surface area contributed by atoms with E-state index in [1.165, 1.54) is 0 Å². The van der Waals surface area contributed by atoms with E-state index >= 15 is 0 Å². The standard InChI is InChI=1S/C12H10Cl2N4O2/c1-6-2-10(11(15)18-19)17-12(16-6)20-9-4-7(13)3-8(14)5-9/h2-5,19H,1H3,(H2,15,18). The van der Waals surface area contributed by atoms with Gasteiger partial charge in [0.1, 0.15) is 11.4 Å². The Bertz CT molecular complexity index is 656. The molecular weight excluding hydrogens is 303 g/mol. The van der Waals surface area contributed by atoms with Crippen molar-refractivity contribution in [1.29, 1.82) is 0 Å². The van der Waals surface area contributed by atoms with Gasteiger partial charge in [-0.3, -0.25) is 0 Å². The molecule has 0 saturated carbocycles. The smallest absolute Gasteiger partial charge is 0.322 e. The summed E-state index contributed by atoms with van der Waals surface area (Å²) in [5, 5.41) is 12.4. The fourth-order valence-corrected chi connectivity index (χ4v) is 1.97. The molecule has 20 heavy (non-hydrogen) atoms. The summed E-state index contributed by atoms with van der Waals surface area (Å²) in [5.41, 5.74) is 6.34. The maximum Gasteiger partial charge on any atom is 0.322 e. The minimum atomic E-state index is -0.135. The Morgan fingerprint density at radius 2 is 1.85 bits per heavy atom. The summed E-state index contributed by atoms with van der Waals surface area (Å²) in [4.78, 5) is 8.12. The summed E-state index contributed by atoms with van der Waals surface area (Å²) in [5.74, 6) is 0.253. The van der Waals surface area contributed by atoms with Crippen molar-refractivity contribution in [1.82, 2.24) is 9.97 Å². The van der Waals surface area contributed by atoms with Crippen LogP contribution >= 0.6 is 23.2 Å². The molecule has 0 spiro atoms. The minimum absolute atomic E-state index is 0.0462. The van der Waals surface area contributed by atoms with Gasteiger partial charge in [0.25, 0.3) is 0 Å². The third kappa shape index (κ3) is 3.49. The number of nitrogens with two attached hydrogens (primary N) is 1. The molecule has 3 N–H and O–H groups in total. The zero-order valence-corrected chi connectivity index (χ0v) is 11.9. The van der Waals surface area contributed by atoms with E-state index in [2.05, 4.69) is 15.1 Å². The molecule has 1 aromatic heterocycles. The summed E-state index contributed by atoms with van der Waals surface area (Å²) in [6, 6.07) is 6.33. The molecule has 0 atom stereocenters. The Hall–Kier alpha value is -2.05. The molecule has 1 aromatic carbocycles. The van der Waals surface area contributed by atoms with Crippen molar-refractivity contribution >= 4 is 29.0 Å². The quantitative estimate of drug-likeness (QED) is 0.393. The molecule has 0 aliphatic rings. The van der Waals surface area contributed by atoms with Gasteiger partial charge in [0.05, 0.1) is 0 Å². The van der Waals surface area contributed by atoms with Gasteiger partial charge in [0, 0.05) is 15.7 Å². The first-order valence-corrected chi connectivity index (χ1v) is 6.21. The van der Waals surface area contributed by atoms with Crippen LogP contribution in [0.25, 0.3) is 0 Å². The molecule has 0 aliphatic heterocycles. The number of benzene rings is 1. The first kappa shape index (κ1) is 14.4. The molecule has 1 heterocycles. The molecule has 0 unspecified atom stereocenters. The number of aryl methyl sites for hydroxylation is 1. The number of rotatable bonds is 3. The molecule has 6 nitrogen and oxygen atoms in total. The van der Waals surface area contributed by atoms with E-state index in [-0.39, 0.29) is 17.5 Å². The van der Waals surface area contributed by atoms with Gasteiger partial charge in [0.2, 0.25) is 0 Å². The topological polar surface area (TPSA) is 93.6 Å². The largest absolute Gasteiger partial charge is 0.424 e. The van der Waals surface area contributed by atoms with Crippen molar-refractivity contribution in [3.63, 3.8) is 0 Å². The van der Waals surface area contributed by atoms with Gasteiger partial charge in [-0.1, -0.05) is 28.4 Å².